The van der Waals surface area contributed by atoms with E-state index in [1.807, 2.05) is 89.5 Å². The van der Waals surface area contributed by atoms with E-state index in [0.717, 1.165) is 32.9 Å². The van der Waals surface area contributed by atoms with Crippen LogP contribution >= 0.6 is 0 Å². The third kappa shape index (κ3) is 5.62. The summed E-state index contributed by atoms with van der Waals surface area (Å²) >= 11 is 0. The number of hydrogen-bond donors (Lipinski definition) is 0. The van der Waals surface area contributed by atoms with E-state index in [9.17, 15) is 8.78 Å². The van der Waals surface area contributed by atoms with E-state index in [1.54, 1.807) is 30.6 Å². The molecular weight excluding hydrogens is 596 g/mol. The lowest BCUT2D eigenvalue weighted by Gasteiger charge is -2.10. The van der Waals surface area contributed by atoms with Gasteiger partial charge < -0.3 is 9.47 Å². The third-order valence-corrected chi connectivity index (χ3v) is 7.65. The Bertz CT molecular complexity index is 2230. The first-order valence-corrected chi connectivity index (χ1v) is 14.7. The molecule has 0 atom stereocenters. The molecule has 0 aliphatic rings. The molecule has 7 nitrogen and oxygen atoms in total. The molecule has 4 aromatic carbocycles. The van der Waals surface area contributed by atoms with Crippen LogP contribution in [-0.2, 0) is 0 Å². The molecule has 0 radical (unpaired) electrons. The standard InChI is InChI=1S/C38H23F2N5O2/c39-26-8-14-34(43-22-26)24-4-1-6-28(18-24)46-30-10-12-32-33-13-11-31(21-37(33)45(36(32)20-30)38-41-16-3-17-42-38)47-29-7-2-5-25(19-29)35-15-9-27(40)23-44-35/h1-23H. The van der Waals surface area contributed by atoms with Crippen LogP contribution in [0.15, 0.2) is 140 Å². The van der Waals surface area contributed by atoms with Crippen molar-refractivity contribution in [3.63, 3.8) is 0 Å². The Hall–Kier alpha value is -6.48. The van der Waals surface area contributed by atoms with Crippen LogP contribution in [0.2, 0.25) is 0 Å². The Morgan fingerprint density at radius 1 is 0.468 bits per heavy atom. The fourth-order valence-electron chi connectivity index (χ4n) is 5.53. The minimum absolute atomic E-state index is 0.389. The molecule has 47 heavy (non-hydrogen) atoms. The maximum Gasteiger partial charge on any atom is 0.234 e. The summed E-state index contributed by atoms with van der Waals surface area (Å²) in [6.07, 6.45) is 5.79. The van der Waals surface area contributed by atoms with E-state index in [2.05, 4.69) is 19.9 Å². The summed E-state index contributed by atoms with van der Waals surface area (Å²) in [6.45, 7) is 0. The molecule has 4 heterocycles. The van der Waals surface area contributed by atoms with Crippen LogP contribution < -0.4 is 9.47 Å². The van der Waals surface area contributed by atoms with E-state index < -0.39 is 0 Å². The van der Waals surface area contributed by atoms with Crippen LogP contribution in [0, 0.1) is 11.6 Å². The fourth-order valence-corrected chi connectivity index (χ4v) is 5.53. The Labute approximate surface area is 267 Å². The van der Waals surface area contributed by atoms with Crippen molar-refractivity contribution >= 4 is 21.8 Å². The molecule has 8 aromatic rings. The molecular formula is C38H23F2N5O2. The highest BCUT2D eigenvalue weighted by Gasteiger charge is 2.17. The van der Waals surface area contributed by atoms with Crippen molar-refractivity contribution in [2.45, 2.75) is 0 Å². The van der Waals surface area contributed by atoms with Crippen LogP contribution in [0.5, 0.6) is 23.0 Å². The summed E-state index contributed by atoms with van der Waals surface area (Å²) in [6, 6.07) is 34.6. The van der Waals surface area contributed by atoms with Crippen molar-refractivity contribution in [1.29, 1.82) is 0 Å². The van der Waals surface area contributed by atoms with Gasteiger partial charge in [0, 0.05) is 46.4 Å². The number of hydrogen-bond acceptors (Lipinski definition) is 6. The zero-order valence-electron chi connectivity index (χ0n) is 24.6. The summed E-state index contributed by atoms with van der Waals surface area (Å²) in [4.78, 5) is 17.5. The van der Waals surface area contributed by atoms with Gasteiger partial charge in [-0.3, -0.25) is 14.5 Å². The lowest BCUT2D eigenvalue weighted by molar-refractivity contribution is 0.483. The van der Waals surface area contributed by atoms with Gasteiger partial charge in [-0.25, -0.2) is 18.7 Å². The number of rotatable bonds is 7. The molecule has 226 valence electrons. The van der Waals surface area contributed by atoms with Crippen molar-refractivity contribution in [2.75, 3.05) is 0 Å². The maximum absolute atomic E-state index is 13.4. The molecule has 0 amide bonds. The first kappa shape index (κ1) is 28.0. The van der Waals surface area contributed by atoms with Crippen LogP contribution in [0.1, 0.15) is 0 Å². The molecule has 0 unspecified atom stereocenters. The summed E-state index contributed by atoms with van der Waals surface area (Å²) in [7, 11) is 0. The molecule has 0 N–H and O–H groups in total. The highest BCUT2D eigenvalue weighted by atomic mass is 19.1. The number of nitrogens with zero attached hydrogens (tertiary/aromatic N) is 5. The number of ether oxygens (including phenoxy) is 2. The fraction of sp³-hybridized carbons (Fsp3) is 0. The van der Waals surface area contributed by atoms with Gasteiger partial charge in [-0.05, 0) is 78.9 Å². The summed E-state index contributed by atoms with van der Waals surface area (Å²) < 4.78 is 41.4. The molecule has 0 aliphatic carbocycles. The van der Waals surface area contributed by atoms with Gasteiger partial charge in [0.25, 0.3) is 0 Å². The van der Waals surface area contributed by atoms with Crippen LogP contribution in [0.4, 0.5) is 8.78 Å². The normalized spacial score (nSPS) is 11.2. The largest absolute Gasteiger partial charge is 0.457 e. The SMILES string of the molecule is Fc1ccc(-c2cccc(Oc3ccc4c5ccc(Oc6cccc(-c7ccc(F)cn7)c6)cc5n(-c5ncccn5)c4c3)c2)nc1. The van der Waals surface area contributed by atoms with E-state index >= 15 is 0 Å². The average Bonchev–Trinajstić information content (AvgIpc) is 3.42. The second-order valence-corrected chi connectivity index (χ2v) is 10.7. The zero-order chi connectivity index (χ0) is 31.7. The van der Waals surface area contributed by atoms with Crippen LogP contribution in [0.25, 0.3) is 50.3 Å². The molecule has 9 heteroatoms. The first-order valence-electron chi connectivity index (χ1n) is 14.7. The molecule has 0 saturated heterocycles. The molecule has 0 spiro atoms. The minimum Gasteiger partial charge on any atom is -0.457 e. The first-order chi connectivity index (χ1) is 23.1. The van der Waals surface area contributed by atoms with Gasteiger partial charge in [-0.1, -0.05) is 24.3 Å². The Morgan fingerprint density at radius 3 is 1.43 bits per heavy atom. The Kier molecular flexibility index (Phi) is 7.03. The number of pyridine rings is 2. The quantitative estimate of drug-likeness (QED) is 0.177. The van der Waals surface area contributed by atoms with Gasteiger partial charge in [0.1, 0.15) is 34.6 Å². The van der Waals surface area contributed by atoms with E-state index in [0.29, 0.717) is 40.3 Å². The highest BCUT2D eigenvalue weighted by molar-refractivity contribution is 6.09. The summed E-state index contributed by atoms with van der Waals surface area (Å²) in [5, 5.41) is 1.97. The van der Waals surface area contributed by atoms with E-state index in [1.165, 1.54) is 24.5 Å². The molecule has 8 rings (SSSR count). The predicted octanol–water partition coefficient (Wildman–Crippen LogP) is 9.56. The topological polar surface area (TPSA) is 75.0 Å². The monoisotopic (exact) mass is 619 g/mol. The van der Waals surface area contributed by atoms with Crippen molar-refractivity contribution in [1.82, 2.24) is 24.5 Å². The number of fused-ring (bicyclic) bond motifs is 3. The molecule has 0 aliphatic heterocycles. The molecule has 0 bridgehead atoms. The van der Waals surface area contributed by atoms with Crippen molar-refractivity contribution in [2.24, 2.45) is 0 Å². The smallest absolute Gasteiger partial charge is 0.234 e. The summed E-state index contributed by atoms with van der Waals surface area (Å²) in [5.74, 6) is 2.17. The van der Waals surface area contributed by atoms with Gasteiger partial charge in [0.2, 0.25) is 5.95 Å². The molecule has 0 fully saturated rings. The lowest BCUT2D eigenvalue weighted by atomic mass is 10.1. The van der Waals surface area contributed by atoms with Crippen LogP contribution in [0.3, 0.4) is 0 Å². The van der Waals surface area contributed by atoms with Crippen LogP contribution in [-0.4, -0.2) is 24.5 Å². The summed E-state index contributed by atoms with van der Waals surface area (Å²) in [5.41, 5.74) is 4.60. The van der Waals surface area contributed by atoms with Crippen molar-refractivity contribution in [3.05, 3.63) is 152 Å². The minimum atomic E-state index is -0.389. The second kappa shape index (κ2) is 11.8. The average molecular weight is 620 g/mol. The highest BCUT2D eigenvalue weighted by Crippen LogP contribution is 2.37. The lowest BCUT2D eigenvalue weighted by Crippen LogP contribution is -2.00. The van der Waals surface area contributed by atoms with E-state index in [4.69, 9.17) is 9.47 Å². The van der Waals surface area contributed by atoms with Gasteiger partial charge in [-0.15, -0.1) is 0 Å². The number of benzene rings is 4. The molecule has 0 saturated carbocycles. The predicted molar refractivity (Wildman–Crippen MR) is 176 cm³/mol. The number of halogens is 2. The maximum atomic E-state index is 13.4. The molecule has 4 aromatic heterocycles. The number of aromatic nitrogens is 5. The van der Waals surface area contributed by atoms with Gasteiger partial charge >= 0.3 is 0 Å². The van der Waals surface area contributed by atoms with Gasteiger partial charge in [0.15, 0.2) is 0 Å². The Morgan fingerprint density at radius 2 is 0.957 bits per heavy atom. The second-order valence-electron chi connectivity index (χ2n) is 10.7. The van der Waals surface area contributed by atoms with Gasteiger partial charge in [0.05, 0.1) is 34.8 Å². The van der Waals surface area contributed by atoms with E-state index in [-0.39, 0.29) is 11.6 Å². The third-order valence-electron chi connectivity index (χ3n) is 7.65. The van der Waals surface area contributed by atoms with Gasteiger partial charge in [-0.2, -0.15) is 0 Å². The van der Waals surface area contributed by atoms with Crippen molar-refractivity contribution in [3.8, 4) is 51.5 Å². The van der Waals surface area contributed by atoms with Crippen molar-refractivity contribution < 1.29 is 18.3 Å². The Balaban J connectivity index is 1.17. The zero-order valence-corrected chi connectivity index (χ0v) is 24.6.